The van der Waals surface area contributed by atoms with Gasteiger partial charge in [-0.15, -0.1) is 0 Å². The number of halogens is 3. The van der Waals surface area contributed by atoms with Crippen LogP contribution in [0.3, 0.4) is 0 Å². The molecule has 0 aromatic heterocycles. The van der Waals surface area contributed by atoms with Crippen molar-refractivity contribution in [1.82, 2.24) is 9.80 Å². The zero-order chi connectivity index (χ0) is 29.9. The molecule has 41 heavy (non-hydrogen) atoms. The molecular weight excluding hydrogens is 533 g/mol. The summed E-state index contributed by atoms with van der Waals surface area (Å²) in [7, 11) is 1.62. The first-order chi connectivity index (χ1) is 19.3. The summed E-state index contributed by atoms with van der Waals surface area (Å²) in [6.07, 6.45) is -0.328. The predicted octanol–water partition coefficient (Wildman–Crippen LogP) is 7.83. The van der Waals surface area contributed by atoms with E-state index in [4.69, 9.17) is 9.47 Å². The molecule has 2 amide bonds. The standard InChI is InChI=1S/C32H35F3N2O4/c1-21(22-6-8-23(9-7-22)27-15-14-26(34)20-28(27)35)37-19-17-32(41-30(37)39,24-10-12-25(33)13-11-24)16-18-36(5)29(38)40-31(2,3)4/h6-15,20-21H,16-19H2,1-5H3/t21-,32?/m0/s1. The Morgan fingerprint density at radius 1 is 1.02 bits per heavy atom. The Morgan fingerprint density at radius 3 is 2.24 bits per heavy atom. The maximum absolute atomic E-state index is 14.2. The molecule has 6 nitrogen and oxygen atoms in total. The molecule has 1 aliphatic heterocycles. The Hall–Kier alpha value is -4.01. The van der Waals surface area contributed by atoms with Gasteiger partial charge in [-0.2, -0.15) is 0 Å². The second-order valence-corrected chi connectivity index (χ2v) is 11.4. The first-order valence-corrected chi connectivity index (χ1v) is 13.5. The molecular formula is C32H35F3N2O4. The fourth-order valence-electron chi connectivity index (χ4n) is 4.92. The van der Waals surface area contributed by atoms with E-state index in [1.54, 1.807) is 69.1 Å². The van der Waals surface area contributed by atoms with Crippen molar-refractivity contribution in [3.63, 3.8) is 0 Å². The van der Waals surface area contributed by atoms with Crippen LogP contribution in [0.2, 0.25) is 0 Å². The number of rotatable bonds is 7. The van der Waals surface area contributed by atoms with Crippen LogP contribution >= 0.6 is 0 Å². The molecule has 0 aliphatic carbocycles. The van der Waals surface area contributed by atoms with Crippen LogP contribution in [-0.2, 0) is 15.1 Å². The summed E-state index contributed by atoms with van der Waals surface area (Å²) in [5.41, 5.74) is 0.600. The number of cyclic esters (lactones) is 1. The number of carbonyl (C=O) groups excluding carboxylic acids is 2. The second-order valence-electron chi connectivity index (χ2n) is 11.4. The van der Waals surface area contributed by atoms with Crippen molar-refractivity contribution >= 4 is 12.2 Å². The molecule has 1 heterocycles. The van der Waals surface area contributed by atoms with E-state index in [-0.39, 0.29) is 18.2 Å². The van der Waals surface area contributed by atoms with Crippen LogP contribution in [0.5, 0.6) is 0 Å². The smallest absolute Gasteiger partial charge is 0.411 e. The number of amides is 2. The molecule has 4 rings (SSSR count). The molecule has 0 spiro atoms. The first-order valence-electron chi connectivity index (χ1n) is 13.5. The van der Waals surface area contributed by atoms with Gasteiger partial charge < -0.3 is 19.3 Å². The summed E-state index contributed by atoms with van der Waals surface area (Å²) in [6, 6.07) is 16.0. The maximum Gasteiger partial charge on any atom is 0.411 e. The molecule has 1 aliphatic rings. The van der Waals surface area contributed by atoms with Crippen LogP contribution in [0, 0.1) is 17.5 Å². The van der Waals surface area contributed by atoms with Crippen LogP contribution in [0.4, 0.5) is 22.8 Å². The number of nitrogens with zero attached hydrogens (tertiary/aromatic N) is 2. The third-order valence-electron chi connectivity index (χ3n) is 7.30. The molecule has 218 valence electrons. The molecule has 3 aromatic carbocycles. The fourth-order valence-corrected chi connectivity index (χ4v) is 4.92. The quantitative estimate of drug-likeness (QED) is 0.292. The van der Waals surface area contributed by atoms with E-state index in [9.17, 15) is 22.8 Å². The van der Waals surface area contributed by atoms with Crippen molar-refractivity contribution in [3.8, 4) is 11.1 Å². The maximum atomic E-state index is 14.2. The van der Waals surface area contributed by atoms with Gasteiger partial charge in [0.05, 0.1) is 6.04 Å². The van der Waals surface area contributed by atoms with Crippen molar-refractivity contribution in [2.24, 2.45) is 0 Å². The van der Waals surface area contributed by atoms with Crippen LogP contribution < -0.4 is 0 Å². The van der Waals surface area contributed by atoms with Gasteiger partial charge >= 0.3 is 12.2 Å². The minimum absolute atomic E-state index is 0.247. The normalized spacial score (nSPS) is 18.0. The Labute approximate surface area is 238 Å². The lowest BCUT2D eigenvalue weighted by molar-refractivity contribution is -0.0687. The average Bonchev–Trinajstić information content (AvgIpc) is 2.91. The summed E-state index contributed by atoms with van der Waals surface area (Å²) < 4.78 is 52.8. The van der Waals surface area contributed by atoms with Crippen LogP contribution in [-0.4, -0.2) is 47.7 Å². The molecule has 0 saturated carbocycles. The van der Waals surface area contributed by atoms with Crippen LogP contribution in [0.15, 0.2) is 66.7 Å². The second kappa shape index (κ2) is 11.8. The van der Waals surface area contributed by atoms with Crippen molar-refractivity contribution in [3.05, 3.63) is 95.3 Å². The fraction of sp³-hybridized carbons (Fsp3) is 0.375. The van der Waals surface area contributed by atoms with E-state index in [0.717, 1.165) is 11.6 Å². The lowest BCUT2D eigenvalue weighted by Crippen LogP contribution is -2.50. The van der Waals surface area contributed by atoms with Crippen molar-refractivity contribution in [1.29, 1.82) is 0 Å². The third kappa shape index (κ3) is 7.01. The number of ether oxygens (including phenoxy) is 2. The minimum Gasteiger partial charge on any atom is -0.444 e. The lowest BCUT2D eigenvalue weighted by atomic mass is 9.85. The van der Waals surface area contributed by atoms with Gasteiger partial charge in [-0.1, -0.05) is 36.4 Å². The highest BCUT2D eigenvalue weighted by atomic mass is 19.1. The van der Waals surface area contributed by atoms with Gasteiger partial charge in [0.1, 0.15) is 28.7 Å². The van der Waals surface area contributed by atoms with Crippen molar-refractivity contribution in [2.75, 3.05) is 20.1 Å². The number of carbonyl (C=O) groups is 2. The molecule has 1 unspecified atom stereocenters. The summed E-state index contributed by atoms with van der Waals surface area (Å²) in [4.78, 5) is 29.0. The zero-order valence-electron chi connectivity index (χ0n) is 23.9. The SMILES string of the molecule is C[C@@H](c1ccc(-c2ccc(F)cc2F)cc1)N1CCC(CCN(C)C(=O)OC(C)(C)C)(c2ccc(F)cc2)OC1=O. The van der Waals surface area contributed by atoms with Gasteiger partial charge in [-0.3, -0.25) is 0 Å². The Bertz CT molecular complexity index is 1390. The number of hydrogen-bond donors (Lipinski definition) is 0. The largest absolute Gasteiger partial charge is 0.444 e. The molecule has 0 radical (unpaired) electrons. The highest BCUT2D eigenvalue weighted by Crippen LogP contribution is 2.40. The first kappa shape index (κ1) is 30.0. The molecule has 2 atom stereocenters. The average molecular weight is 569 g/mol. The molecule has 9 heteroatoms. The molecule has 0 bridgehead atoms. The minimum atomic E-state index is -1.07. The van der Waals surface area contributed by atoms with Gasteiger partial charge in [0.2, 0.25) is 0 Å². The van der Waals surface area contributed by atoms with Crippen molar-refractivity contribution in [2.45, 2.75) is 57.8 Å². The van der Waals surface area contributed by atoms with Gasteiger partial charge in [0.15, 0.2) is 0 Å². The summed E-state index contributed by atoms with van der Waals surface area (Å²) in [6.45, 7) is 7.82. The van der Waals surface area contributed by atoms with Gasteiger partial charge in [-0.05, 0) is 68.7 Å². The van der Waals surface area contributed by atoms with Gasteiger partial charge in [-0.25, -0.2) is 22.8 Å². The van der Waals surface area contributed by atoms with E-state index in [1.165, 1.54) is 29.2 Å². The Kier molecular flexibility index (Phi) is 8.66. The van der Waals surface area contributed by atoms with Crippen LogP contribution in [0.25, 0.3) is 11.1 Å². The number of hydrogen-bond acceptors (Lipinski definition) is 4. The highest BCUT2D eigenvalue weighted by molar-refractivity contribution is 5.71. The van der Waals surface area contributed by atoms with Gasteiger partial charge in [0.25, 0.3) is 0 Å². The lowest BCUT2D eigenvalue weighted by Gasteiger charge is -2.44. The zero-order valence-corrected chi connectivity index (χ0v) is 23.9. The monoisotopic (exact) mass is 568 g/mol. The van der Waals surface area contributed by atoms with Gasteiger partial charge in [0, 0.05) is 44.6 Å². The molecule has 3 aromatic rings. The van der Waals surface area contributed by atoms with Crippen LogP contribution in [0.1, 0.15) is 57.7 Å². The Morgan fingerprint density at radius 2 is 1.66 bits per heavy atom. The Balaban J connectivity index is 1.51. The predicted molar refractivity (Wildman–Crippen MR) is 150 cm³/mol. The highest BCUT2D eigenvalue weighted by Gasteiger charge is 2.44. The topological polar surface area (TPSA) is 59.1 Å². The number of benzene rings is 3. The van der Waals surface area contributed by atoms with E-state index in [2.05, 4.69) is 0 Å². The van der Waals surface area contributed by atoms with E-state index in [0.29, 0.717) is 30.5 Å². The van der Waals surface area contributed by atoms with Crippen molar-refractivity contribution < 1.29 is 32.2 Å². The van der Waals surface area contributed by atoms with E-state index in [1.807, 2.05) is 6.92 Å². The van der Waals surface area contributed by atoms with E-state index < -0.39 is 40.8 Å². The van der Waals surface area contributed by atoms with E-state index >= 15 is 0 Å². The molecule has 0 N–H and O–H groups in total. The molecule has 1 saturated heterocycles. The summed E-state index contributed by atoms with van der Waals surface area (Å²) in [5.74, 6) is -1.70. The summed E-state index contributed by atoms with van der Waals surface area (Å²) in [5, 5.41) is 0. The molecule has 1 fully saturated rings. The summed E-state index contributed by atoms with van der Waals surface area (Å²) >= 11 is 0. The third-order valence-corrected chi connectivity index (χ3v) is 7.30.